The maximum Gasteiger partial charge on any atom is 0.254 e. The highest BCUT2D eigenvalue weighted by atomic mass is 35.5. The van der Waals surface area contributed by atoms with E-state index >= 15 is 0 Å². The molecule has 0 saturated carbocycles. The Morgan fingerprint density at radius 3 is 2.64 bits per heavy atom. The zero-order chi connectivity index (χ0) is 19.5. The van der Waals surface area contributed by atoms with Gasteiger partial charge in [0, 0.05) is 24.3 Å². The smallest absolute Gasteiger partial charge is 0.254 e. The second kappa shape index (κ2) is 7.70. The number of para-hydroxylation sites is 1. The summed E-state index contributed by atoms with van der Waals surface area (Å²) < 4.78 is 3.53. The normalized spacial score (nSPS) is 11.9. The number of aromatic nitrogens is 4. The summed E-state index contributed by atoms with van der Waals surface area (Å²) in [5.41, 5.74) is 3.23. The van der Waals surface area contributed by atoms with Crippen molar-refractivity contribution in [3.05, 3.63) is 95.8 Å². The van der Waals surface area contributed by atoms with Crippen LogP contribution in [0.25, 0.3) is 11.4 Å². The van der Waals surface area contributed by atoms with E-state index in [0.29, 0.717) is 10.6 Å². The summed E-state index contributed by atoms with van der Waals surface area (Å²) in [6.07, 6.45) is 8.58. The Morgan fingerprint density at radius 2 is 1.93 bits per heavy atom. The number of halogens is 1. The standard InChI is InChI=1S/C21H18ClN5O/c1-15(16-6-8-18(9-7-16)26-11-10-23-14-26)25-21(28)17-12-24-27(13-17)20-5-3-2-4-19(20)22/h2-15H,1H3,(H,25,28). The van der Waals surface area contributed by atoms with Crippen molar-refractivity contribution in [2.75, 3.05) is 0 Å². The van der Waals surface area contributed by atoms with Crippen molar-refractivity contribution in [1.82, 2.24) is 24.6 Å². The fraction of sp³-hybridized carbons (Fsp3) is 0.0952. The Bertz CT molecular complexity index is 1090. The summed E-state index contributed by atoms with van der Waals surface area (Å²) in [4.78, 5) is 16.6. The molecule has 1 atom stereocenters. The number of imidazole rings is 1. The minimum atomic E-state index is -0.190. The lowest BCUT2D eigenvalue weighted by molar-refractivity contribution is 0.0940. The molecule has 6 nitrogen and oxygen atoms in total. The molecule has 0 fully saturated rings. The minimum Gasteiger partial charge on any atom is -0.345 e. The van der Waals surface area contributed by atoms with Gasteiger partial charge in [0.2, 0.25) is 0 Å². The van der Waals surface area contributed by atoms with Crippen LogP contribution in [-0.4, -0.2) is 25.2 Å². The summed E-state index contributed by atoms with van der Waals surface area (Å²) in [6, 6.07) is 15.2. The van der Waals surface area contributed by atoms with Gasteiger partial charge in [0.05, 0.1) is 34.8 Å². The van der Waals surface area contributed by atoms with Crippen molar-refractivity contribution in [3.8, 4) is 11.4 Å². The Morgan fingerprint density at radius 1 is 1.14 bits per heavy atom. The zero-order valence-electron chi connectivity index (χ0n) is 15.2. The summed E-state index contributed by atoms with van der Waals surface area (Å²) in [5.74, 6) is -0.190. The van der Waals surface area contributed by atoms with Crippen LogP contribution in [0.1, 0.15) is 28.9 Å². The second-order valence-corrected chi connectivity index (χ2v) is 6.79. The highest BCUT2D eigenvalue weighted by Crippen LogP contribution is 2.20. The second-order valence-electron chi connectivity index (χ2n) is 6.38. The monoisotopic (exact) mass is 391 g/mol. The van der Waals surface area contributed by atoms with Crippen LogP contribution >= 0.6 is 11.6 Å². The zero-order valence-corrected chi connectivity index (χ0v) is 15.9. The first-order valence-corrected chi connectivity index (χ1v) is 9.18. The van der Waals surface area contributed by atoms with Gasteiger partial charge < -0.3 is 9.88 Å². The largest absolute Gasteiger partial charge is 0.345 e. The third-order valence-electron chi connectivity index (χ3n) is 4.49. The molecule has 1 amide bonds. The number of rotatable bonds is 5. The van der Waals surface area contributed by atoms with Crippen LogP contribution < -0.4 is 5.32 Å². The Labute approximate surface area is 167 Å². The molecule has 2 aromatic heterocycles. The van der Waals surface area contributed by atoms with Crippen LogP contribution in [0.15, 0.2) is 79.6 Å². The quantitative estimate of drug-likeness (QED) is 0.554. The van der Waals surface area contributed by atoms with E-state index in [0.717, 1.165) is 16.9 Å². The maximum absolute atomic E-state index is 12.6. The third-order valence-corrected chi connectivity index (χ3v) is 4.81. The van der Waals surface area contributed by atoms with Gasteiger partial charge in [-0.15, -0.1) is 0 Å². The van der Waals surface area contributed by atoms with Crippen molar-refractivity contribution >= 4 is 17.5 Å². The fourth-order valence-electron chi connectivity index (χ4n) is 2.92. The van der Waals surface area contributed by atoms with Crippen LogP contribution in [0.5, 0.6) is 0 Å². The van der Waals surface area contributed by atoms with E-state index < -0.39 is 0 Å². The molecule has 0 bridgehead atoms. The fourth-order valence-corrected chi connectivity index (χ4v) is 3.14. The molecule has 1 N–H and O–H groups in total. The number of amides is 1. The number of nitrogens with zero attached hydrogens (tertiary/aromatic N) is 4. The van der Waals surface area contributed by atoms with Crippen LogP contribution in [0.4, 0.5) is 0 Å². The van der Waals surface area contributed by atoms with Crippen LogP contribution in [0.2, 0.25) is 5.02 Å². The van der Waals surface area contributed by atoms with Gasteiger partial charge in [0.25, 0.3) is 5.91 Å². The van der Waals surface area contributed by atoms with E-state index in [1.165, 1.54) is 6.20 Å². The molecule has 0 aliphatic carbocycles. The van der Waals surface area contributed by atoms with Gasteiger partial charge in [-0.2, -0.15) is 5.10 Å². The first-order chi connectivity index (χ1) is 13.6. The van der Waals surface area contributed by atoms with E-state index in [2.05, 4.69) is 15.4 Å². The summed E-state index contributed by atoms with van der Waals surface area (Å²) in [7, 11) is 0. The highest BCUT2D eigenvalue weighted by Gasteiger charge is 2.14. The molecule has 0 saturated heterocycles. The molecule has 140 valence electrons. The van der Waals surface area contributed by atoms with E-state index in [1.54, 1.807) is 29.5 Å². The molecule has 2 aromatic carbocycles. The van der Waals surface area contributed by atoms with E-state index in [-0.39, 0.29) is 11.9 Å². The molecule has 1 unspecified atom stereocenters. The third kappa shape index (κ3) is 3.68. The Kier molecular flexibility index (Phi) is 4.95. The molecule has 7 heteroatoms. The Hall–Kier alpha value is -3.38. The molecule has 28 heavy (non-hydrogen) atoms. The van der Waals surface area contributed by atoms with Gasteiger partial charge in [-0.3, -0.25) is 4.79 Å². The van der Waals surface area contributed by atoms with Crippen LogP contribution in [-0.2, 0) is 0 Å². The van der Waals surface area contributed by atoms with E-state index in [4.69, 9.17) is 11.6 Å². The molecule has 0 spiro atoms. The summed E-state index contributed by atoms with van der Waals surface area (Å²) in [6.45, 7) is 1.95. The number of nitrogens with one attached hydrogen (secondary N) is 1. The lowest BCUT2D eigenvalue weighted by Crippen LogP contribution is -2.26. The molecule has 0 aliphatic heterocycles. The number of carbonyl (C=O) groups is 1. The van der Waals surface area contributed by atoms with Crippen molar-refractivity contribution in [2.24, 2.45) is 0 Å². The predicted molar refractivity (Wildman–Crippen MR) is 108 cm³/mol. The van der Waals surface area contributed by atoms with Crippen LogP contribution in [0.3, 0.4) is 0 Å². The molecule has 4 aromatic rings. The molecule has 4 rings (SSSR count). The number of hydrogen-bond donors (Lipinski definition) is 1. The summed E-state index contributed by atoms with van der Waals surface area (Å²) in [5, 5.41) is 7.83. The van der Waals surface area contributed by atoms with Gasteiger partial charge in [-0.1, -0.05) is 35.9 Å². The van der Waals surface area contributed by atoms with Gasteiger partial charge in [0.15, 0.2) is 0 Å². The van der Waals surface area contributed by atoms with Gasteiger partial charge in [-0.25, -0.2) is 9.67 Å². The molecule has 0 radical (unpaired) electrons. The number of hydrogen-bond acceptors (Lipinski definition) is 3. The van der Waals surface area contributed by atoms with Crippen molar-refractivity contribution in [3.63, 3.8) is 0 Å². The lowest BCUT2D eigenvalue weighted by atomic mass is 10.1. The Balaban J connectivity index is 1.46. The first-order valence-electron chi connectivity index (χ1n) is 8.80. The van der Waals surface area contributed by atoms with Crippen molar-refractivity contribution < 1.29 is 4.79 Å². The molecular formula is C21H18ClN5O. The van der Waals surface area contributed by atoms with Crippen molar-refractivity contribution in [1.29, 1.82) is 0 Å². The topological polar surface area (TPSA) is 64.7 Å². The van der Waals surface area contributed by atoms with E-state index in [1.807, 2.05) is 60.2 Å². The molecule has 2 heterocycles. The average molecular weight is 392 g/mol. The van der Waals surface area contributed by atoms with Gasteiger partial charge in [-0.05, 0) is 36.8 Å². The minimum absolute atomic E-state index is 0.145. The lowest BCUT2D eigenvalue weighted by Gasteiger charge is -2.14. The number of carbonyl (C=O) groups excluding carboxylic acids is 1. The van der Waals surface area contributed by atoms with Crippen LogP contribution in [0, 0.1) is 0 Å². The summed E-state index contributed by atoms with van der Waals surface area (Å²) >= 11 is 6.19. The van der Waals surface area contributed by atoms with Crippen molar-refractivity contribution in [2.45, 2.75) is 13.0 Å². The van der Waals surface area contributed by atoms with Gasteiger partial charge >= 0.3 is 0 Å². The number of benzene rings is 2. The average Bonchev–Trinajstić information content (AvgIpc) is 3.41. The first kappa shape index (κ1) is 18.0. The highest BCUT2D eigenvalue weighted by molar-refractivity contribution is 6.32. The molecule has 0 aliphatic rings. The SMILES string of the molecule is CC(NC(=O)c1cnn(-c2ccccc2Cl)c1)c1ccc(-n2ccnc2)cc1. The van der Waals surface area contributed by atoms with E-state index in [9.17, 15) is 4.79 Å². The predicted octanol–water partition coefficient (Wildman–Crippen LogP) is 4.20. The van der Waals surface area contributed by atoms with Gasteiger partial charge in [0.1, 0.15) is 0 Å². The maximum atomic E-state index is 12.6. The molecular weight excluding hydrogens is 374 g/mol.